The summed E-state index contributed by atoms with van der Waals surface area (Å²) in [6.07, 6.45) is 3.59. The van der Waals surface area contributed by atoms with Crippen LogP contribution >= 0.6 is 11.6 Å². The lowest BCUT2D eigenvalue weighted by atomic mass is 10.1. The lowest BCUT2D eigenvalue weighted by molar-refractivity contribution is 0.551. The number of imidazole rings is 1. The molecule has 4 heteroatoms. The smallest absolute Gasteiger partial charge is 0.122 e. The minimum absolute atomic E-state index is 0.199. The molecule has 0 radical (unpaired) electrons. The van der Waals surface area contributed by atoms with Crippen LogP contribution in [0.1, 0.15) is 29.9 Å². The minimum Gasteiger partial charge on any atom is -0.347 e. The van der Waals surface area contributed by atoms with Gasteiger partial charge in [-0.05, 0) is 31.0 Å². The second-order valence-electron chi connectivity index (χ2n) is 4.16. The molecule has 0 aliphatic carbocycles. The van der Waals surface area contributed by atoms with E-state index in [0.29, 0.717) is 0 Å². The second-order valence-corrected chi connectivity index (χ2v) is 4.57. The summed E-state index contributed by atoms with van der Waals surface area (Å²) in [5.41, 5.74) is 2.29. The largest absolute Gasteiger partial charge is 0.347 e. The van der Waals surface area contributed by atoms with Crippen molar-refractivity contribution >= 4 is 11.6 Å². The zero-order valence-electron chi connectivity index (χ0n) is 10.00. The molecule has 0 bridgehead atoms. The minimum atomic E-state index is 0.199. The number of hydrogen-bond acceptors (Lipinski definition) is 2. The Hall–Kier alpha value is -1.32. The number of rotatable bonds is 4. The van der Waals surface area contributed by atoms with Crippen LogP contribution in [-0.4, -0.2) is 9.97 Å². The Morgan fingerprint density at radius 2 is 2.29 bits per heavy atom. The van der Waals surface area contributed by atoms with Crippen LogP contribution in [-0.2, 0) is 6.54 Å². The number of aryl methyl sites for hydroxylation is 1. The Morgan fingerprint density at radius 1 is 1.47 bits per heavy atom. The normalized spacial score (nSPS) is 12.6. The van der Waals surface area contributed by atoms with E-state index >= 15 is 0 Å². The number of hydrogen-bond donors (Lipinski definition) is 2. The lowest BCUT2D eigenvalue weighted by Gasteiger charge is -2.11. The average Bonchev–Trinajstić information content (AvgIpc) is 2.84. The molecule has 3 nitrogen and oxygen atoms in total. The zero-order valence-corrected chi connectivity index (χ0v) is 10.8. The van der Waals surface area contributed by atoms with E-state index in [2.05, 4.69) is 28.3 Å². The number of halogens is 1. The average molecular weight is 250 g/mol. The highest BCUT2D eigenvalue weighted by Crippen LogP contribution is 2.17. The molecule has 0 amide bonds. The summed E-state index contributed by atoms with van der Waals surface area (Å²) in [5, 5.41) is 4.21. The maximum Gasteiger partial charge on any atom is 0.122 e. The fourth-order valence-corrected chi connectivity index (χ4v) is 1.83. The van der Waals surface area contributed by atoms with Crippen molar-refractivity contribution in [2.24, 2.45) is 0 Å². The Kier molecular flexibility index (Phi) is 3.82. The molecule has 1 heterocycles. The quantitative estimate of drug-likeness (QED) is 0.874. The Morgan fingerprint density at radius 3 is 2.94 bits per heavy atom. The third-order valence-electron chi connectivity index (χ3n) is 2.78. The van der Waals surface area contributed by atoms with Gasteiger partial charge in [-0.15, -0.1) is 0 Å². The van der Waals surface area contributed by atoms with E-state index in [1.54, 1.807) is 6.20 Å². The molecule has 2 rings (SSSR count). The molecular formula is C13H16ClN3. The van der Waals surface area contributed by atoms with Crippen LogP contribution in [0, 0.1) is 6.92 Å². The topological polar surface area (TPSA) is 40.7 Å². The third kappa shape index (κ3) is 3.08. The van der Waals surface area contributed by atoms with E-state index < -0.39 is 0 Å². The third-order valence-corrected chi connectivity index (χ3v) is 3.19. The van der Waals surface area contributed by atoms with Gasteiger partial charge in [0.25, 0.3) is 0 Å². The van der Waals surface area contributed by atoms with Crippen molar-refractivity contribution in [2.75, 3.05) is 0 Å². The van der Waals surface area contributed by atoms with E-state index in [4.69, 9.17) is 11.6 Å². The van der Waals surface area contributed by atoms with Gasteiger partial charge in [-0.1, -0.05) is 23.7 Å². The van der Waals surface area contributed by atoms with Gasteiger partial charge in [-0.3, -0.25) is 0 Å². The predicted octanol–water partition coefficient (Wildman–Crippen LogP) is 3.22. The van der Waals surface area contributed by atoms with Gasteiger partial charge in [0.05, 0.1) is 6.04 Å². The summed E-state index contributed by atoms with van der Waals surface area (Å²) in [6, 6.07) is 6.32. The molecule has 90 valence electrons. The van der Waals surface area contributed by atoms with Gasteiger partial charge >= 0.3 is 0 Å². The van der Waals surface area contributed by atoms with Crippen LogP contribution in [0.25, 0.3) is 0 Å². The van der Waals surface area contributed by atoms with E-state index in [0.717, 1.165) is 23.0 Å². The molecule has 0 saturated carbocycles. The first-order valence-corrected chi connectivity index (χ1v) is 6.02. The summed E-state index contributed by atoms with van der Waals surface area (Å²) >= 11 is 6.08. The van der Waals surface area contributed by atoms with Gasteiger partial charge in [0, 0.05) is 24.0 Å². The predicted molar refractivity (Wildman–Crippen MR) is 70.0 cm³/mol. The Labute approximate surface area is 106 Å². The molecule has 0 aliphatic heterocycles. The fourth-order valence-electron chi connectivity index (χ4n) is 1.63. The van der Waals surface area contributed by atoms with Crippen molar-refractivity contribution < 1.29 is 0 Å². The number of nitrogens with zero attached hydrogens (tertiary/aromatic N) is 1. The summed E-state index contributed by atoms with van der Waals surface area (Å²) < 4.78 is 0. The van der Waals surface area contributed by atoms with Crippen LogP contribution in [0.3, 0.4) is 0 Å². The van der Waals surface area contributed by atoms with Gasteiger partial charge in [0.15, 0.2) is 0 Å². The van der Waals surface area contributed by atoms with Crippen molar-refractivity contribution in [1.29, 1.82) is 0 Å². The van der Waals surface area contributed by atoms with Crippen molar-refractivity contribution in [1.82, 2.24) is 15.3 Å². The van der Waals surface area contributed by atoms with Crippen molar-refractivity contribution in [3.05, 3.63) is 52.6 Å². The molecule has 0 saturated heterocycles. The van der Waals surface area contributed by atoms with Crippen molar-refractivity contribution in [3.63, 3.8) is 0 Å². The molecule has 1 aromatic carbocycles. The van der Waals surface area contributed by atoms with Crippen LogP contribution in [0.15, 0.2) is 30.6 Å². The van der Waals surface area contributed by atoms with Crippen LogP contribution in [0.2, 0.25) is 5.02 Å². The SMILES string of the molecule is Cc1ccc(CNC(C)c2ncc[nH]2)cc1Cl. The zero-order chi connectivity index (χ0) is 12.3. The maximum absolute atomic E-state index is 6.08. The first kappa shape index (κ1) is 12.1. The van der Waals surface area contributed by atoms with Gasteiger partial charge in [-0.25, -0.2) is 4.98 Å². The maximum atomic E-state index is 6.08. The number of nitrogens with one attached hydrogen (secondary N) is 2. The molecule has 2 N–H and O–H groups in total. The molecule has 0 spiro atoms. The van der Waals surface area contributed by atoms with Gasteiger partial charge in [-0.2, -0.15) is 0 Å². The van der Waals surface area contributed by atoms with E-state index in [9.17, 15) is 0 Å². The van der Waals surface area contributed by atoms with Gasteiger partial charge in [0.1, 0.15) is 5.82 Å². The van der Waals surface area contributed by atoms with Gasteiger partial charge in [0.2, 0.25) is 0 Å². The monoisotopic (exact) mass is 249 g/mol. The molecule has 0 aliphatic rings. The summed E-state index contributed by atoms with van der Waals surface area (Å²) in [5.74, 6) is 0.947. The van der Waals surface area contributed by atoms with Crippen molar-refractivity contribution in [2.45, 2.75) is 26.4 Å². The summed E-state index contributed by atoms with van der Waals surface area (Å²) in [4.78, 5) is 7.31. The highest BCUT2D eigenvalue weighted by Gasteiger charge is 2.06. The van der Waals surface area contributed by atoms with E-state index in [-0.39, 0.29) is 6.04 Å². The van der Waals surface area contributed by atoms with E-state index in [1.165, 1.54) is 5.56 Å². The second kappa shape index (κ2) is 5.34. The Balaban J connectivity index is 1.96. The molecular weight excluding hydrogens is 234 g/mol. The molecule has 2 aromatic rings. The molecule has 1 atom stereocenters. The van der Waals surface area contributed by atoms with E-state index in [1.807, 2.05) is 25.3 Å². The van der Waals surface area contributed by atoms with Gasteiger partial charge < -0.3 is 10.3 Å². The Bertz CT molecular complexity index is 479. The highest BCUT2D eigenvalue weighted by molar-refractivity contribution is 6.31. The van der Waals surface area contributed by atoms with Crippen LogP contribution < -0.4 is 5.32 Å². The number of benzene rings is 1. The molecule has 1 aromatic heterocycles. The number of aromatic amines is 1. The standard InChI is InChI=1S/C13H16ClN3/c1-9-3-4-11(7-12(9)14)8-17-10(2)13-15-5-6-16-13/h3-7,10,17H,8H2,1-2H3,(H,15,16). The highest BCUT2D eigenvalue weighted by atomic mass is 35.5. The number of H-pyrrole nitrogens is 1. The first-order valence-electron chi connectivity index (χ1n) is 5.64. The molecule has 0 fully saturated rings. The molecule has 17 heavy (non-hydrogen) atoms. The van der Waals surface area contributed by atoms with Crippen molar-refractivity contribution in [3.8, 4) is 0 Å². The van der Waals surface area contributed by atoms with Crippen LogP contribution in [0.5, 0.6) is 0 Å². The lowest BCUT2D eigenvalue weighted by Crippen LogP contribution is -2.19. The summed E-state index contributed by atoms with van der Waals surface area (Å²) in [6.45, 7) is 4.86. The fraction of sp³-hybridized carbons (Fsp3) is 0.308. The molecule has 1 unspecified atom stereocenters. The first-order chi connectivity index (χ1) is 8.16. The summed E-state index contributed by atoms with van der Waals surface area (Å²) in [7, 11) is 0. The van der Waals surface area contributed by atoms with Crippen LogP contribution in [0.4, 0.5) is 0 Å². The number of aromatic nitrogens is 2.